The molecule has 1 aliphatic rings. The summed E-state index contributed by atoms with van der Waals surface area (Å²) >= 11 is 6.34. The van der Waals surface area contributed by atoms with Crippen LogP contribution in [0.5, 0.6) is 0 Å². The smallest absolute Gasteiger partial charge is 0.237 e. The van der Waals surface area contributed by atoms with Gasteiger partial charge in [0.15, 0.2) is 0 Å². The Morgan fingerprint density at radius 3 is 2.50 bits per heavy atom. The first-order valence-electron chi connectivity index (χ1n) is 6.87. The third kappa shape index (κ3) is 3.88. The highest BCUT2D eigenvalue weighted by Crippen LogP contribution is 2.31. The van der Waals surface area contributed by atoms with Crippen molar-refractivity contribution in [2.45, 2.75) is 26.1 Å². The highest BCUT2D eigenvalue weighted by molar-refractivity contribution is 6.33. The van der Waals surface area contributed by atoms with Crippen LogP contribution >= 0.6 is 11.6 Å². The van der Waals surface area contributed by atoms with Crippen LogP contribution in [0.2, 0.25) is 5.02 Å². The zero-order valence-electron chi connectivity index (χ0n) is 12.4. The van der Waals surface area contributed by atoms with Gasteiger partial charge in [0.2, 0.25) is 5.71 Å². The van der Waals surface area contributed by atoms with Crippen molar-refractivity contribution in [3.05, 3.63) is 23.2 Å². The van der Waals surface area contributed by atoms with E-state index in [-0.39, 0.29) is 17.9 Å². The van der Waals surface area contributed by atoms with Crippen molar-refractivity contribution < 1.29 is 4.74 Å². The van der Waals surface area contributed by atoms with Crippen LogP contribution in [0.15, 0.2) is 23.3 Å². The van der Waals surface area contributed by atoms with Crippen LogP contribution in [0.3, 0.4) is 0 Å². The number of nitriles is 2. The molecule has 1 aromatic rings. The van der Waals surface area contributed by atoms with Crippen LogP contribution in [-0.4, -0.2) is 31.0 Å². The van der Waals surface area contributed by atoms with Crippen LogP contribution in [0.1, 0.15) is 13.8 Å². The molecular formula is C15H16ClN5O. The van der Waals surface area contributed by atoms with E-state index in [0.717, 1.165) is 18.8 Å². The molecule has 22 heavy (non-hydrogen) atoms. The molecule has 0 spiro atoms. The number of halogens is 1. The lowest BCUT2D eigenvalue weighted by Crippen LogP contribution is -2.45. The van der Waals surface area contributed by atoms with Crippen molar-refractivity contribution in [1.29, 1.82) is 10.5 Å². The molecule has 2 unspecified atom stereocenters. The minimum Gasteiger partial charge on any atom is -0.372 e. The number of nitrogens with one attached hydrogen (secondary N) is 1. The van der Waals surface area contributed by atoms with E-state index in [2.05, 4.69) is 15.4 Å². The number of morpholine rings is 1. The molecule has 0 amide bonds. The van der Waals surface area contributed by atoms with E-state index in [9.17, 15) is 0 Å². The van der Waals surface area contributed by atoms with E-state index in [1.807, 2.05) is 26.0 Å². The number of ether oxygens (including phenoxy) is 1. The fourth-order valence-corrected chi connectivity index (χ4v) is 2.70. The Morgan fingerprint density at radius 1 is 1.32 bits per heavy atom. The summed E-state index contributed by atoms with van der Waals surface area (Å²) in [6.07, 6.45) is 0.298. The summed E-state index contributed by atoms with van der Waals surface area (Å²) in [4.78, 5) is 2.18. The minimum atomic E-state index is -0.240. The average Bonchev–Trinajstić information content (AvgIpc) is 2.47. The van der Waals surface area contributed by atoms with Crippen molar-refractivity contribution >= 4 is 28.7 Å². The minimum absolute atomic E-state index is 0.149. The summed E-state index contributed by atoms with van der Waals surface area (Å²) in [5.41, 5.74) is 3.96. The number of nitrogens with zero attached hydrogens (tertiary/aromatic N) is 4. The van der Waals surface area contributed by atoms with Gasteiger partial charge in [-0.15, -0.1) is 0 Å². The lowest BCUT2D eigenvalue weighted by Gasteiger charge is -2.37. The summed E-state index contributed by atoms with van der Waals surface area (Å²) in [6, 6.07) is 8.78. The Bertz CT molecular complexity index is 635. The second-order valence-corrected chi connectivity index (χ2v) is 5.53. The second kappa shape index (κ2) is 7.13. The molecule has 1 saturated heterocycles. The van der Waals surface area contributed by atoms with Crippen LogP contribution in [0.25, 0.3) is 0 Å². The van der Waals surface area contributed by atoms with E-state index in [0.29, 0.717) is 10.7 Å². The third-order valence-corrected chi connectivity index (χ3v) is 3.52. The van der Waals surface area contributed by atoms with E-state index in [1.54, 1.807) is 18.2 Å². The molecule has 0 aliphatic carbocycles. The van der Waals surface area contributed by atoms with Gasteiger partial charge in [-0.3, -0.25) is 5.43 Å². The van der Waals surface area contributed by atoms with Gasteiger partial charge in [0.1, 0.15) is 12.1 Å². The molecule has 1 aromatic carbocycles. The van der Waals surface area contributed by atoms with Crippen molar-refractivity contribution in [3.63, 3.8) is 0 Å². The molecule has 1 aliphatic heterocycles. The van der Waals surface area contributed by atoms with Crippen LogP contribution in [0.4, 0.5) is 11.4 Å². The lowest BCUT2D eigenvalue weighted by atomic mass is 10.2. The van der Waals surface area contributed by atoms with Gasteiger partial charge in [-0.25, -0.2) is 0 Å². The molecule has 114 valence electrons. The number of hydrogen-bond acceptors (Lipinski definition) is 6. The van der Waals surface area contributed by atoms with Crippen molar-refractivity contribution in [3.8, 4) is 12.1 Å². The third-order valence-electron chi connectivity index (χ3n) is 3.22. The Balaban J connectivity index is 2.15. The standard InChI is InChI=1S/C15H16ClN5O/c1-10-8-21(9-11(2)22-10)15-4-3-12(5-14(15)16)19-20-13(6-17)7-18/h3-5,10-11,19H,8-9H2,1-2H3. The zero-order valence-corrected chi connectivity index (χ0v) is 13.1. The molecule has 0 saturated carbocycles. The predicted octanol–water partition coefficient (Wildman–Crippen LogP) is 2.77. The van der Waals surface area contributed by atoms with Crippen LogP contribution in [-0.2, 0) is 4.74 Å². The van der Waals surface area contributed by atoms with E-state index >= 15 is 0 Å². The second-order valence-electron chi connectivity index (χ2n) is 5.12. The highest BCUT2D eigenvalue weighted by Gasteiger charge is 2.23. The van der Waals surface area contributed by atoms with Gasteiger partial charge in [0.05, 0.1) is 28.6 Å². The fraction of sp³-hybridized carbons (Fsp3) is 0.400. The number of benzene rings is 1. The molecule has 7 heteroatoms. The predicted molar refractivity (Wildman–Crippen MR) is 86.0 cm³/mol. The normalized spacial score (nSPS) is 20.7. The van der Waals surface area contributed by atoms with Gasteiger partial charge in [0.25, 0.3) is 0 Å². The molecule has 1 fully saturated rings. The van der Waals surface area contributed by atoms with Gasteiger partial charge in [0, 0.05) is 13.1 Å². The Kier molecular flexibility index (Phi) is 5.21. The maximum atomic E-state index is 8.63. The maximum Gasteiger partial charge on any atom is 0.237 e. The lowest BCUT2D eigenvalue weighted by molar-refractivity contribution is -0.00520. The molecule has 0 radical (unpaired) electrons. The fourth-order valence-electron chi connectivity index (χ4n) is 2.40. The highest BCUT2D eigenvalue weighted by atomic mass is 35.5. The first-order valence-corrected chi connectivity index (χ1v) is 7.25. The molecular weight excluding hydrogens is 302 g/mol. The first-order chi connectivity index (χ1) is 10.5. The van der Waals surface area contributed by atoms with E-state index in [4.69, 9.17) is 26.9 Å². The topological polar surface area (TPSA) is 84.4 Å². The Morgan fingerprint density at radius 2 is 1.95 bits per heavy atom. The SMILES string of the molecule is CC1CN(c2ccc(NN=C(C#N)C#N)cc2Cl)CC(C)O1. The molecule has 1 N–H and O–H groups in total. The van der Waals surface area contributed by atoms with Crippen molar-refractivity contribution in [2.24, 2.45) is 5.10 Å². The van der Waals surface area contributed by atoms with Gasteiger partial charge in [-0.1, -0.05) is 11.6 Å². The zero-order chi connectivity index (χ0) is 16.1. The number of rotatable bonds is 3. The van der Waals surface area contributed by atoms with Crippen molar-refractivity contribution in [2.75, 3.05) is 23.4 Å². The van der Waals surface area contributed by atoms with E-state index in [1.165, 1.54) is 0 Å². The molecule has 6 nitrogen and oxygen atoms in total. The molecule has 0 aromatic heterocycles. The average molecular weight is 318 g/mol. The van der Waals surface area contributed by atoms with Gasteiger partial charge in [-0.05, 0) is 32.0 Å². The summed E-state index contributed by atoms with van der Waals surface area (Å²) in [5, 5.41) is 21.5. The Hall–Kier alpha value is -2.28. The monoisotopic (exact) mass is 317 g/mol. The molecule has 2 atom stereocenters. The number of hydrazone groups is 1. The van der Waals surface area contributed by atoms with Crippen molar-refractivity contribution in [1.82, 2.24) is 0 Å². The van der Waals surface area contributed by atoms with Gasteiger partial charge in [-0.2, -0.15) is 15.6 Å². The largest absolute Gasteiger partial charge is 0.372 e. The molecule has 1 heterocycles. The Labute approximate surface area is 134 Å². The molecule has 0 bridgehead atoms. The summed E-state index contributed by atoms with van der Waals surface area (Å²) in [5.74, 6) is 0. The summed E-state index contributed by atoms with van der Waals surface area (Å²) < 4.78 is 5.71. The number of hydrogen-bond donors (Lipinski definition) is 1. The quantitative estimate of drug-likeness (QED) is 0.684. The number of anilines is 2. The van der Waals surface area contributed by atoms with Crippen LogP contribution in [0, 0.1) is 22.7 Å². The first kappa shape index (κ1) is 16.1. The maximum absolute atomic E-state index is 8.63. The van der Waals surface area contributed by atoms with Crippen LogP contribution < -0.4 is 10.3 Å². The van der Waals surface area contributed by atoms with Gasteiger partial charge < -0.3 is 9.64 Å². The summed E-state index contributed by atoms with van der Waals surface area (Å²) in [6.45, 7) is 5.63. The summed E-state index contributed by atoms with van der Waals surface area (Å²) in [7, 11) is 0. The molecule has 2 rings (SSSR count). The van der Waals surface area contributed by atoms with E-state index < -0.39 is 0 Å². The van der Waals surface area contributed by atoms with Gasteiger partial charge >= 0.3 is 0 Å².